The van der Waals surface area contributed by atoms with Gasteiger partial charge < -0.3 is 5.32 Å². The van der Waals surface area contributed by atoms with E-state index in [2.05, 4.69) is 34.6 Å². The summed E-state index contributed by atoms with van der Waals surface area (Å²) in [6, 6.07) is 12.2. The molecule has 1 N–H and O–H groups in total. The molecule has 5 heteroatoms. The molecule has 1 aliphatic carbocycles. The first-order valence-electron chi connectivity index (χ1n) is 7.05. The number of nitro groups is 1. The maximum atomic E-state index is 10.8. The highest BCUT2D eigenvalue weighted by atomic mass is 16.6. The van der Waals surface area contributed by atoms with Crippen LogP contribution in [0.25, 0.3) is 0 Å². The van der Waals surface area contributed by atoms with Gasteiger partial charge in [0.15, 0.2) is 0 Å². The van der Waals surface area contributed by atoms with Crippen LogP contribution in [0.3, 0.4) is 0 Å². The normalized spacial score (nSPS) is 20.0. The van der Waals surface area contributed by atoms with Gasteiger partial charge >= 0.3 is 0 Å². The van der Waals surface area contributed by atoms with Crippen molar-refractivity contribution in [1.82, 2.24) is 4.98 Å². The highest BCUT2D eigenvalue weighted by Gasteiger charge is 2.37. The summed E-state index contributed by atoms with van der Waals surface area (Å²) in [5.74, 6) is 1.94. The summed E-state index contributed by atoms with van der Waals surface area (Å²) in [6.07, 6.45) is 2.50. The SMILES string of the molecule is Cc1cc(NCC2CC2c2ccccc2)ncc1[N+](=O)[O-]. The van der Waals surface area contributed by atoms with Crippen molar-refractivity contribution in [3.05, 3.63) is 63.8 Å². The molecule has 0 radical (unpaired) electrons. The average molecular weight is 283 g/mol. The molecule has 3 rings (SSSR count). The topological polar surface area (TPSA) is 68.1 Å². The lowest BCUT2D eigenvalue weighted by molar-refractivity contribution is -0.385. The summed E-state index contributed by atoms with van der Waals surface area (Å²) in [5.41, 5.74) is 2.08. The Morgan fingerprint density at radius 3 is 2.81 bits per heavy atom. The molecule has 1 saturated carbocycles. The van der Waals surface area contributed by atoms with E-state index in [-0.39, 0.29) is 5.69 Å². The van der Waals surface area contributed by atoms with Gasteiger partial charge in [-0.1, -0.05) is 30.3 Å². The molecule has 1 fully saturated rings. The van der Waals surface area contributed by atoms with Crippen molar-refractivity contribution in [3.63, 3.8) is 0 Å². The Kier molecular flexibility index (Phi) is 3.56. The van der Waals surface area contributed by atoms with Gasteiger partial charge in [0.25, 0.3) is 5.69 Å². The van der Waals surface area contributed by atoms with Crippen LogP contribution in [-0.4, -0.2) is 16.5 Å². The predicted molar refractivity (Wildman–Crippen MR) is 81.4 cm³/mol. The third kappa shape index (κ3) is 3.02. The fraction of sp³-hybridized carbons (Fsp3) is 0.312. The number of benzene rings is 1. The fourth-order valence-electron chi connectivity index (χ4n) is 2.65. The molecule has 2 unspecified atom stereocenters. The number of rotatable bonds is 5. The van der Waals surface area contributed by atoms with Gasteiger partial charge in [-0.3, -0.25) is 10.1 Å². The zero-order valence-electron chi connectivity index (χ0n) is 11.8. The van der Waals surface area contributed by atoms with Gasteiger partial charge in [-0.15, -0.1) is 0 Å². The second kappa shape index (κ2) is 5.52. The van der Waals surface area contributed by atoms with E-state index in [0.717, 1.165) is 6.54 Å². The van der Waals surface area contributed by atoms with Crippen LogP contribution in [-0.2, 0) is 0 Å². The van der Waals surface area contributed by atoms with Crippen molar-refractivity contribution >= 4 is 11.5 Å². The third-order valence-corrected chi connectivity index (χ3v) is 3.98. The molecule has 0 saturated heterocycles. The molecule has 0 spiro atoms. The molecular formula is C16H17N3O2. The van der Waals surface area contributed by atoms with Crippen molar-refractivity contribution in [2.45, 2.75) is 19.3 Å². The first kappa shape index (κ1) is 13.5. The molecule has 2 aromatic rings. The molecule has 1 aliphatic rings. The summed E-state index contributed by atoms with van der Waals surface area (Å²) in [7, 11) is 0. The smallest absolute Gasteiger partial charge is 0.290 e. The lowest BCUT2D eigenvalue weighted by atomic mass is 10.1. The van der Waals surface area contributed by atoms with Gasteiger partial charge in [0.2, 0.25) is 0 Å². The number of pyridine rings is 1. The van der Waals surface area contributed by atoms with E-state index in [1.54, 1.807) is 13.0 Å². The first-order valence-corrected chi connectivity index (χ1v) is 7.05. The quantitative estimate of drug-likeness (QED) is 0.673. The van der Waals surface area contributed by atoms with Crippen molar-refractivity contribution < 1.29 is 4.92 Å². The van der Waals surface area contributed by atoms with Gasteiger partial charge in [-0.05, 0) is 36.8 Å². The van der Waals surface area contributed by atoms with E-state index in [1.165, 1.54) is 18.2 Å². The number of nitrogens with one attached hydrogen (secondary N) is 1. The zero-order chi connectivity index (χ0) is 14.8. The van der Waals surface area contributed by atoms with Crippen molar-refractivity contribution in [2.24, 2.45) is 5.92 Å². The lowest BCUT2D eigenvalue weighted by Gasteiger charge is -2.06. The van der Waals surface area contributed by atoms with Gasteiger partial charge in [0.05, 0.1) is 4.92 Å². The Hall–Kier alpha value is -2.43. The number of anilines is 1. The van der Waals surface area contributed by atoms with Crippen LogP contribution in [0.1, 0.15) is 23.5 Å². The predicted octanol–water partition coefficient (Wildman–Crippen LogP) is 3.51. The lowest BCUT2D eigenvalue weighted by Crippen LogP contribution is -2.07. The van der Waals surface area contributed by atoms with Gasteiger partial charge in [0, 0.05) is 12.1 Å². The summed E-state index contributed by atoms with van der Waals surface area (Å²) in [4.78, 5) is 14.5. The van der Waals surface area contributed by atoms with E-state index >= 15 is 0 Å². The Morgan fingerprint density at radius 2 is 2.14 bits per heavy atom. The Labute approximate surface area is 123 Å². The number of aromatic nitrogens is 1. The Morgan fingerprint density at radius 1 is 1.38 bits per heavy atom. The summed E-state index contributed by atoms with van der Waals surface area (Å²) in [6.45, 7) is 2.58. The van der Waals surface area contributed by atoms with Crippen LogP contribution in [0.5, 0.6) is 0 Å². The van der Waals surface area contributed by atoms with Crippen molar-refractivity contribution in [1.29, 1.82) is 0 Å². The van der Waals surface area contributed by atoms with Crippen LogP contribution in [0, 0.1) is 23.0 Å². The highest BCUT2D eigenvalue weighted by molar-refractivity contribution is 5.47. The number of hydrogen-bond acceptors (Lipinski definition) is 4. The first-order chi connectivity index (χ1) is 10.1. The molecule has 0 bridgehead atoms. The molecule has 1 aromatic heterocycles. The second-order valence-electron chi connectivity index (χ2n) is 5.51. The summed E-state index contributed by atoms with van der Waals surface area (Å²) in [5, 5.41) is 14.0. The van der Waals surface area contributed by atoms with Crippen molar-refractivity contribution in [2.75, 3.05) is 11.9 Å². The van der Waals surface area contributed by atoms with Crippen LogP contribution >= 0.6 is 0 Å². The fourth-order valence-corrected chi connectivity index (χ4v) is 2.65. The molecular weight excluding hydrogens is 266 g/mol. The maximum Gasteiger partial charge on any atom is 0.290 e. The standard InChI is InChI=1S/C16H17N3O2/c1-11-7-16(18-10-15(11)19(20)21)17-9-13-8-14(13)12-5-3-2-4-6-12/h2-7,10,13-14H,8-9H2,1H3,(H,17,18). The Balaban J connectivity index is 1.57. The number of hydrogen-bond donors (Lipinski definition) is 1. The molecule has 0 aliphatic heterocycles. The minimum Gasteiger partial charge on any atom is -0.370 e. The minimum atomic E-state index is -0.404. The molecule has 1 heterocycles. The average Bonchev–Trinajstić information content (AvgIpc) is 3.25. The molecule has 5 nitrogen and oxygen atoms in total. The maximum absolute atomic E-state index is 10.8. The molecule has 108 valence electrons. The minimum absolute atomic E-state index is 0.0640. The molecule has 0 amide bonds. The van der Waals surface area contributed by atoms with E-state index in [1.807, 2.05) is 6.07 Å². The molecule has 1 aromatic carbocycles. The number of nitrogens with zero attached hydrogens (tertiary/aromatic N) is 2. The zero-order valence-corrected chi connectivity index (χ0v) is 11.8. The van der Waals surface area contributed by atoms with Gasteiger partial charge in [-0.2, -0.15) is 0 Å². The van der Waals surface area contributed by atoms with Crippen LogP contribution in [0.2, 0.25) is 0 Å². The van der Waals surface area contributed by atoms with Crippen molar-refractivity contribution in [3.8, 4) is 0 Å². The second-order valence-corrected chi connectivity index (χ2v) is 5.51. The Bertz CT molecular complexity index is 658. The summed E-state index contributed by atoms with van der Waals surface area (Å²) < 4.78 is 0. The number of aryl methyl sites for hydroxylation is 1. The molecule has 2 atom stereocenters. The van der Waals surface area contributed by atoms with E-state index in [4.69, 9.17) is 0 Å². The molecule has 21 heavy (non-hydrogen) atoms. The summed E-state index contributed by atoms with van der Waals surface area (Å²) >= 11 is 0. The van der Waals surface area contributed by atoms with Crippen LogP contribution < -0.4 is 5.32 Å². The third-order valence-electron chi connectivity index (χ3n) is 3.98. The highest BCUT2D eigenvalue weighted by Crippen LogP contribution is 2.47. The van der Waals surface area contributed by atoms with Crippen LogP contribution in [0.15, 0.2) is 42.6 Å². The monoisotopic (exact) mass is 283 g/mol. The van der Waals surface area contributed by atoms with E-state index in [0.29, 0.717) is 23.2 Å². The van der Waals surface area contributed by atoms with E-state index in [9.17, 15) is 10.1 Å². The van der Waals surface area contributed by atoms with Gasteiger partial charge in [0.1, 0.15) is 12.0 Å². The largest absolute Gasteiger partial charge is 0.370 e. The van der Waals surface area contributed by atoms with Crippen LogP contribution in [0.4, 0.5) is 11.5 Å². The van der Waals surface area contributed by atoms with Gasteiger partial charge in [-0.25, -0.2) is 4.98 Å². The van der Waals surface area contributed by atoms with E-state index < -0.39 is 4.92 Å².